The van der Waals surface area contributed by atoms with Crippen molar-refractivity contribution in [3.05, 3.63) is 71.2 Å². The first kappa shape index (κ1) is 22.0. The molecule has 1 amide bonds. The highest BCUT2D eigenvalue weighted by molar-refractivity contribution is 7.99. The van der Waals surface area contributed by atoms with Crippen LogP contribution < -0.4 is 4.74 Å². The standard InChI is InChI=1S/C23H23N5O2S2/c1-3-30-19-8-6-18(7-9-19)28-22(17-10-12-24-13-11-17)25-26-23(28)32-16-21(29)27(2)15-20-5-4-14-31-20/h4-14H,3,15-16H2,1-2H3. The maximum Gasteiger partial charge on any atom is 0.233 e. The first-order valence-electron chi connectivity index (χ1n) is 10.1. The van der Waals surface area contributed by atoms with Gasteiger partial charge in [0, 0.05) is 35.6 Å². The monoisotopic (exact) mass is 465 g/mol. The lowest BCUT2D eigenvalue weighted by atomic mass is 10.2. The third kappa shape index (κ3) is 5.17. The van der Waals surface area contributed by atoms with E-state index in [1.165, 1.54) is 11.8 Å². The van der Waals surface area contributed by atoms with Crippen molar-refractivity contribution < 1.29 is 9.53 Å². The number of rotatable bonds is 9. The summed E-state index contributed by atoms with van der Waals surface area (Å²) in [7, 11) is 1.82. The average Bonchev–Trinajstić information content (AvgIpc) is 3.49. The van der Waals surface area contributed by atoms with E-state index in [1.54, 1.807) is 28.6 Å². The number of hydrogen-bond acceptors (Lipinski definition) is 7. The van der Waals surface area contributed by atoms with Crippen molar-refractivity contribution in [3.8, 4) is 22.8 Å². The predicted molar refractivity (Wildman–Crippen MR) is 127 cm³/mol. The highest BCUT2D eigenvalue weighted by atomic mass is 32.2. The molecule has 0 aliphatic carbocycles. The molecule has 32 heavy (non-hydrogen) atoms. The summed E-state index contributed by atoms with van der Waals surface area (Å²) in [5.41, 5.74) is 1.79. The van der Waals surface area contributed by atoms with Crippen LogP contribution in [0.25, 0.3) is 17.1 Å². The number of thioether (sulfide) groups is 1. The normalized spacial score (nSPS) is 10.8. The van der Waals surface area contributed by atoms with Crippen LogP contribution in [0.3, 0.4) is 0 Å². The molecule has 0 bridgehead atoms. The summed E-state index contributed by atoms with van der Waals surface area (Å²) in [5.74, 6) is 1.80. The second kappa shape index (κ2) is 10.4. The van der Waals surface area contributed by atoms with Crippen molar-refractivity contribution >= 4 is 29.0 Å². The van der Waals surface area contributed by atoms with Gasteiger partial charge >= 0.3 is 0 Å². The van der Waals surface area contributed by atoms with Gasteiger partial charge in [0.25, 0.3) is 0 Å². The molecule has 9 heteroatoms. The zero-order chi connectivity index (χ0) is 22.3. The zero-order valence-electron chi connectivity index (χ0n) is 17.8. The van der Waals surface area contributed by atoms with Crippen molar-refractivity contribution in [2.75, 3.05) is 19.4 Å². The molecule has 0 spiro atoms. The summed E-state index contributed by atoms with van der Waals surface area (Å²) in [6, 6.07) is 15.6. The van der Waals surface area contributed by atoms with E-state index in [0.717, 1.165) is 21.9 Å². The molecule has 0 aliphatic heterocycles. The second-order valence-electron chi connectivity index (χ2n) is 6.92. The Morgan fingerprint density at radius 1 is 1.12 bits per heavy atom. The van der Waals surface area contributed by atoms with Gasteiger partial charge < -0.3 is 9.64 Å². The Balaban J connectivity index is 1.57. The molecule has 4 rings (SSSR count). The van der Waals surface area contributed by atoms with Crippen molar-refractivity contribution in [1.29, 1.82) is 0 Å². The summed E-state index contributed by atoms with van der Waals surface area (Å²) in [5, 5.41) is 11.5. The van der Waals surface area contributed by atoms with Crippen LogP contribution in [0.5, 0.6) is 5.75 Å². The molecule has 1 aromatic carbocycles. The number of thiophene rings is 1. The summed E-state index contributed by atoms with van der Waals surface area (Å²) >= 11 is 3.02. The van der Waals surface area contributed by atoms with E-state index in [1.807, 2.05) is 72.4 Å². The van der Waals surface area contributed by atoms with E-state index in [9.17, 15) is 4.79 Å². The number of amides is 1. The number of nitrogens with zero attached hydrogens (tertiary/aromatic N) is 5. The topological polar surface area (TPSA) is 73.1 Å². The van der Waals surface area contributed by atoms with E-state index in [2.05, 4.69) is 15.2 Å². The number of benzene rings is 1. The molecule has 0 fully saturated rings. The Hall–Kier alpha value is -3.17. The third-order valence-corrected chi connectivity index (χ3v) is 6.48. The van der Waals surface area contributed by atoms with Crippen molar-refractivity contribution in [2.24, 2.45) is 0 Å². The van der Waals surface area contributed by atoms with Gasteiger partial charge in [0.15, 0.2) is 11.0 Å². The Labute approximate surface area is 195 Å². The minimum Gasteiger partial charge on any atom is -0.494 e. The Bertz CT molecular complexity index is 1150. The molecule has 0 radical (unpaired) electrons. The molecule has 0 N–H and O–H groups in total. The van der Waals surface area contributed by atoms with Gasteiger partial charge in [-0.05, 0) is 54.8 Å². The molecule has 0 aliphatic rings. The number of aromatic nitrogens is 4. The van der Waals surface area contributed by atoms with Gasteiger partial charge in [0.05, 0.1) is 18.9 Å². The molecule has 3 heterocycles. The van der Waals surface area contributed by atoms with Gasteiger partial charge in [0.1, 0.15) is 5.75 Å². The molecule has 0 unspecified atom stereocenters. The lowest BCUT2D eigenvalue weighted by Crippen LogP contribution is -2.27. The van der Waals surface area contributed by atoms with Gasteiger partial charge in [-0.15, -0.1) is 21.5 Å². The Kier molecular flexibility index (Phi) is 7.18. The fraction of sp³-hybridized carbons (Fsp3) is 0.217. The van der Waals surface area contributed by atoms with Crippen molar-refractivity contribution in [3.63, 3.8) is 0 Å². The van der Waals surface area contributed by atoms with Crippen LogP contribution in [-0.2, 0) is 11.3 Å². The molecule has 0 atom stereocenters. The molecule has 4 aromatic rings. The number of ether oxygens (including phenoxy) is 1. The van der Waals surface area contributed by atoms with Crippen molar-refractivity contribution in [1.82, 2.24) is 24.6 Å². The minimum atomic E-state index is 0.0371. The quantitative estimate of drug-likeness (QED) is 0.338. The maximum atomic E-state index is 12.7. The molecule has 3 aromatic heterocycles. The summed E-state index contributed by atoms with van der Waals surface area (Å²) < 4.78 is 7.53. The van der Waals surface area contributed by atoms with E-state index in [4.69, 9.17) is 4.74 Å². The van der Waals surface area contributed by atoms with Crippen LogP contribution in [-0.4, -0.2) is 50.0 Å². The zero-order valence-corrected chi connectivity index (χ0v) is 19.5. The highest BCUT2D eigenvalue weighted by Gasteiger charge is 2.19. The first-order chi connectivity index (χ1) is 15.7. The van der Waals surface area contributed by atoms with Crippen LogP contribution >= 0.6 is 23.1 Å². The van der Waals surface area contributed by atoms with Crippen LogP contribution in [0.2, 0.25) is 0 Å². The SMILES string of the molecule is CCOc1ccc(-n2c(SCC(=O)N(C)Cc3cccs3)nnc2-c2ccncc2)cc1. The molecule has 0 saturated heterocycles. The number of hydrogen-bond donors (Lipinski definition) is 0. The van der Waals surface area contributed by atoms with Crippen LogP contribution in [0.1, 0.15) is 11.8 Å². The Morgan fingerprint density at radius 2 is 1.91 bits per heavy atom. The van der Waals surface area contributed by atoms with E-state index < -0.39 is 0 Å². The highest BCUT2D eigenvalue weighted by Crippen LogP contribution is 2.29. The van der Waals surface area contributed by atoms with Gasteiger partial charge in [-0.25, -0.2) is 0 Å². The molecular formula is C23H23N5O2S2. The Morgan fingerprint density at radius 3 is 2.59 bits per heavy atom. The fourth-order valence-corrected chi connectivity index (χ4v) is 4.75. The smallest absolute Gasteiger partial charge is 0.233 e. The summed E-state index contributed by atoms with van der Waals surface area (Å²) in [6.45, 7) is 3.16. The molecule has 0 saturated carbocycles. The molecule has 7 nitrogen and oxygen atoms in total. The van der Waals surface area contributed by atoms with E-state index in [-0.39, 0.29) is 11.7 Å². The lowest BCUT2D eigenvalue weighted by molar-refractivity contribution is -0.127. The van der Waals surface area contributed by atoms with Gasteiger partial charge in [0.2, 0.25) is 5.91 Å². The fourth-order valence-electron chi connectivity index (χ4n) is 3.10. The van der Waals surface area contributed by atoms with Gasteiger partial charge in [-0.2, -0.15) is 0 Å². The van der Waals surface area contributed by atoms with Gasteiger partial charge in [-0.3, -0.25) is 14.3 Å². The summed E-state index contributed by atoms with van der Waals surface area (Å²) in [4.78, 5) is 19.7. The van der Waals surface area contributed by atoms with E-state index in [0.29, 0.717) is 24.1 Å². The largest absolute Gasteiger partial charge is 0.494 e. The molecule has 164 valence electrons. The number of carbonyl (C=O) groups is 1. The number of pyridine rings is 1. The van der Waals surface area contributed by atoms with Crippen LogP contribution in [0.15, 0.2) is 71.5 Å². The molecular weight excluding hydrogens is 442 g/mol. The first-order valence-corrected chi connectivity index (χ1v) is 12.0. The van der Waals surface area contributed by atoms with Gasteiger partial charge in [-0.1, -0.05) is 17.8 Å². The average molecular weight is 466 g/mol. The lowest BCUT2D eigenvalue weighted by Gasteiger charge is -2.16. The minimum absolute atomic E-state index is 0.0371. The van der Waals surface area contributed by atoms with Crippen molar-refractivity contribution in [2.45, 2.75) is 18.6 Å². The van der Waals surface area contributed by atoms with Crippen LogP contribution in [0.4, 0.5) is 0 Å². The predicted octanol–water partition coefficient (Wildman–Crippen LogP) is 4.54. The third-order valence-electron chi connectivity index (χ3n) is 4.70. The number of carbonyl (C=O) groups excluding carboxylic acids is 1. The van der Waals surface area contributed by atoms with E-state index >= 15 is 0 Å². The van der Waals surface area contributed by atoms with Crippen LogP contribution in [0, 0.1) is 0 Å². The summed E-state index contributed by atoms with van der Waals surface area (Å²) in [6.07, 6.45) is 3.45. The second-order valence-corrected chi connectivity index (χ2v) is 8.90. The maximum absolute atomic E-state index is 12.7.